The largest absolute Gasteiger partial charge is 0.370 e. The molecular formula is C27H27N5O2. The Labute approximate surface area is 198 Å². The number of carbonyl (C=O) groups excluding carboxylic acids is 2. The van der Waals surface area contributed by atoms with Crippen molar-refractivity contribution >= 4 is 39.8 Å². The molecule has 1 aromatic heterocycles. The number of rotatable bonds is 6. The van der Waals surface area contributed by atoms with Crippen LogP contribution in [0, 0.1) is 6.92 Å². The molecule has 7 heteroatoms. The fourth-order valence-corrected chi connectivity index (χ4v) is 4.46. The molecule has 3 N–H and O–H groups in total. The number of H-pyrrole nitrogens is 1. The topological polar surface area (TPSA) is 90.1 Å². The van der Waals surface area contributed by atoms with Gasteiger partial charge in [0.2, 0.25) is 5.91 Å². The van der Waals surface area contributed by atoms with Crippen molar-refractivity contribution in [3.63, 3.8) is 0 Å². The number of aromatic amines is 1. The minimum absolute atomic E-state index is 0.161. The summed E-state index contributed by atoms with van der Waals surface area (Å²) >= 11 is 0. The highest BCUT2D eigenvalue weighted by Crippen LogP contribution is 2.29. The van der Waals surface area contributed by atoms with E-state index in [2.05, 4.69) is 20.8 Å². The molecule has 7 nitrogen and oxygen atoms in total. The first-order valence-corrected chi connectivity index (χ1v) is 11.5. The number of fused-ring (bicyclic) bond motifs is 1. The Morgan fingerprint density at radius 2 is 1.85 bits per heavy atom. The predicted molar refractivity (Wildman–Crippen MR) is 135 cm³/mol. The number of nitrogens with one attached hydrogen (secondary N) is 3. The van der Waals surface area contributed by atoms with Gasteiger partial charge in [-0.15, -0.1) is 0 Å². The lowest BCUT2D eigenvalue weighted by Crippen LogP contribution is -2.35. The molecule has 3 aromatic carbocycles. The van der Waals surface area contributed by atoms with Crippen LogP contribution in [0.15, 0.2) is 72.9 Å². The van der Waals surface area contributed by atoms with Crippen LogP contribution < -0.4 is 15.5 Å². The van der Waals surface area contributed by atoms with Crippen molar-refractivity contribution in [2.45, 2.75) is 32.2 Å². The first-order valence-electron chi connectivity index (χ1n) is 11.5. The van der Waals surface area contributed by atoms with Gasteiger partial charge in [-0.05, 0) is 67.3 Å². The fourth-order valence-electron chi connectivity index (χ4n) is 4.46. The molecule has 2 amide bonds. The fraction of sp³-hybridized carbons (Fsp3) is 0.222. The molecule has 0 saturated carbocycles. The van der Waals surface area contributed by atoms with E-state index < -0.39 is 6.04 Å². The maximum Gasteiger partial charge on any atom is 0.251 e. The minimum Gasteiger partial charge on any atom is -0.370 e. The predicted octanol–water partition coefficient (Wildman–Crippen LogP) is 5.18. The molecule has 1 fully saturated rings. The lowest BCUT2D eigenvalue weighted by molar-refractivity contribution is -0.119. The lowest BCUT2D eigenvalue weighted by Gasteiger charge is -2.28. The van der Waals surface area contributed by atoms with E-state index in [-0.39, 0.29) is 11.8 Å². The summed E-state index contributed by atoms with van der Waals surface area (Å²) in [5, 5.41) is 14.4. The number of hydrogen-bond acceptors (Lipinski definition) is 4. The number of aryl methyl sites for hydroxylation is 1. The SMILES string of the molecule is Cc1cc(NC(=O)C(Nc2ccc3[nH]ncc3c2)c2ccccc2)ccc1N1CCCCC1=O. The van der Waals surface area contributed by atoms with Gasteiger partial charge in [0.1, 0.15) is 6.04 Å². The highest BCUT2D eigenvalue weighted by atomic mass is 16.2. The van der Waals surface area contributed by atoms with Crippen LogP contribution in [0.4, 0.5) is 17.1 Å². The molecule has 0 radical (unpaired) electrons. The van der Waals surface area contributed by atoms with E-state index >= 15 is 0 Å². The Kier molecular flexibility index (Phi) is 5.99. The average Bonchev–Trinajstić information content (AvgIpc) is 3.32. The van der Waals surface area contributed by atoms with Crippen LogP contribution in [0.2, 0.25) is 0 Å². The zero-order valence-corrected chi connectivity index (χ0v) is 19.0. The maximum atomic E-state index is 13.4. The van der Waals surface area contributed by atoms with Crippen molar-refractivity contribution in [2.75, 3.05) is 22.1 Å². The summed E-state index contributed by atoms with van der Waals surface area (Å²) in [4.78, 5) is 27.6. The maximum absolute atomic E-state index is 13.4. The van der Waals surface area contributed by atoms with Gasteiger partial charge in [0.25, 0.3) is 5.91 Å². The third-order valence-electron chi connectivity index (χ3n) is 6.22. The van der Waals surface area contributed by atoms with E-state index in [4.69, 9.17) is 0 Å². The first-order chi connectivity index (χ1) is 16.6. The zero-order chi connectivity index (χ0) is 23.5. The van der Waals surface area contributed by atoms with Crippen LogP contribution >= 0.6 is 0 Å². The molecule has 34 heavy (non-hydrogen) atoms. The van der Waals surface area contributed by atoms with E-state index in [1.165, 1.54) is 0 Å². The normalized spacial score (nSPS) is 14.7. The molecule has 1 aliphatic rings. The van der Waals surface area contributed by atoms with Gasteiger partial charge >= 0.3 is 0 Å². The number of nitrogens with zero attached hydrogens (tertiary/aromatic N) is 2. The van der Waals surface area contributed by atoms with Crippen LogP contribution in [0.3, 0.4) is 0 Å². The second-order valence-electron chi connectivity index (χ2n) is 8.65. The second kappa shape index (κ2) is 9.39. The Balaban J connectivity index is 1.38. The van der Waals surface area contributed by atoms with Gasteiger partial charge in [-0.25, -0.2) is 0 Å². The molecule has 0 bridgehead atoms. The highest BCUT2D eigenvalue weighted by molar-refractivity contribution is 5.99. The van der Waals surface area contributed by atoms with Gasteiger partial charge in [0.15, 0.2) is 0 Å². The number of aromatic nitrogens is 2. The van der Waals surface area contributed by atoms with Crippen molar-refractivity contribution in [2.24, 2.45) is 0 Å². The van der Waals surface area contributed by atoms with Gasteiger partial charge in [0.05, 0.1) is 11.7 Å². The van der Waals surface area contributed by atoms with E-state index in [0.717, 1.165) is 52.8 Å². The van der Waals surface area contributed by atoms with Crippen LogP contribution in [-0.2, 0) is 9.59 Å². The molecule has 1 aliphatic heterocycles. The highest BCUT2D eigenvalue weighted by Gasteiger charge is 2.23. The monoisotopic (exact) mass is 453 g/mol. The second-order valence-corrected chi connectivity index (χ2v) is 8.65. The summed E-state index contributed by atoms with van der Waals surface area (Å²) in [5.74, 6) is -0.00578. The molecule has 2 heterocycles. The van der Waals surface area contributed by atoms with Crippen molar-refractivity contribution in [1.29, 1.82) is 0 Å². The van der Waals surface area contributed by atoms with Crippen LogP contribution in [0.1, 0.15) is 36.4 Å². The number of anilines is 3. The average molecular weight is 454 g/mol. The van der Waals surface area contributed by atoms with Crippen LogP contribution in [0.25, 0.3) is 10.9 Å². The zero-order valence-electron chi connectivity index (χ0n) is 19.0. The minimum atomic E-state index is -0.589. The third-order valence-corrected chi connectivity index (χ3v) is 6.22. The van der Waals surface area contributed by atoms with Crippen LogP contribution in [-0.4, -0.2) is 28.6 Å². The summed E-state index contributed by atoms with van der Waals surface area (Å²) in [6, 6.07) is 20.6. The third kappa shape index (κ3) is 4.50. The molecule has 1 saturated heterocycles. The number of hydrogen-bond donors (Lipinski definition) is 3. The van der Waals surface area contributed by atoms with Crippen molar-refractivity contribution < 1.29 is 9.59 Å². The summed E-state index contributed by atoms with van der Waals surface area (Å²) < 4.78 is 0. The standard InChI is InChI=1S/C27H27N5O2/c1-18-15-21(11-13-24(18)32-14-6-5-9-25(32)33)30-27(34)26(19-7-3-2-4-8-19)29-22-10-12-23-20(16-22)17-28-31-23/h2-4,7-8,10-13,15-17,26,29H,5-6,9,14H2,1H3,(H,28,31)(H,30,34). The Hall–Kier alpha value is -4.13. The van der Waals surface area contributed by atoms with Gasteiger partial charge in [-0.2, -0.15) is 5.10 Å². The smallest absolute Gasteiger partial charge is 0.251 e. The summed E-state index contributed by atoms with van der Waals surface area (Å²) in [7, 11) is 0. The van der Waals surface area contributed by atoms with Crippen LogP contribution in [0.5, 0.6) is 0 Å². The van der Waals surface area contributed by atoms with Crippen molar-refractivity contribution in [3.8, 4) is 0 Å². The number of carbonyl (C=O) groups is 2. The summed E-state index contributed by atoms with van der Waals surface area (Å²) in [6.45, 7) is 2.71. The van der Waals surface area contributed by atoms with E-state index in [0.29, 0.717) is 12.1 Å². The van der Waals surface area contributed by atoms with E-state index in [1.807, 2.05) is 78.6 Å². The molecule has 172 valence electrons. The van der Waals surface area contributed by atoms with E-state index in [1.54, 1.807) is 6.20 Å². The number of piperidine rings is 1. The van der Waals surface area contributed by atoms with Gasteiger partial charge in [0, 0.05) is 35.4 Å². The molecule has 1 unspecified atom stereocenters. The lowest BCUT2D eigenvalue weighted by atomic mass is 10.0. The Bertz CT molecular complexity index is 1330. The van der Waals surface area contributed by atoms with Crippen molar-refractivity contribution in [1.82, 2.24) is 10.2 Å². The Morgan fingerprint density at radius 1 is 1.03 bits per heavy atom. The molecule has 0 spiro atoms. The summed E-state index contributed by atoms with van der Waals surface area (Å²) in [5.41, 5.74) is 5.20. The summed E-state index contributed by atoms with van der Waals surface area (Å²) in [6.07, 6.45) is 4.31. The van der Waals surface area contributed by atoms with Gasteiger partial charge < -0.3 is 15.5 Å². The van der Waals surface area contributed by atoms with Gasteiger partial charge in [-0.1, -0.05) is 30.3 Å². The molecule has 5 rings (SSSR count). The Morgan fingerprint density at radius 3 is 2.65 bits per heavy atom. The number of benzene rings is 3. The van der Waals surface area contributed by atoms with Gasteiger partial charge in [-0.3, -0.25) is 14.7 Å². The molecule has 1 atom stereocenters. The first kappa shape index (κ1) is 21.7. The van der Waals surface area contributed by atoms with E-state index in [9.17, 15) is 9.59 Å². The molecule has 4 aromatic rings. The number of amides is 2. The quantitative estimate of drug-likeness (QED) is 0.375. The van der Waals surface area contributed by atoms with Crippen molar-refractivity contribution in [3.05, 3.63) is 84.1 Å². The molecular weight excluding hydrogens is 426 g/mol. The molecule has 0 aliphatic carbocycles.